The van der Waals surface area contributed by atoms with E-state index in [-0.39, 0.29) is 4.90 Å². The summed E-state index contributed by atoms with van der Waals surface area (Å²) in [6.07, 6.45) is 0. The molecule has 112 valence electrons. The molecule has 0 heterocycles. The highest BCUT2D eigenvalue weighted by molar-refractivity contribution is 7.86. The topological polar surface area (TPSA) is 80.4 Å². The molecule has 0 saturated carbocycles. The van der Waals surface area contributed by atoms with Gasteiger partial charge in [-0.2, -0.15) is 8.42 Å². The zero-order valence-electron chi connectivity index (χ0n) is 11.3. The predicted octanol–water partition coefficient (Wildman–Crippen LogP) is 3.99. The molecule has 0 atom stereocenters. The molecule has 0 unspecified atom stereocenters. The number of hydrogen-bond donors (Lipinski definition) is 2. The molecular formula is C16H12ClNO3S. The first-order valence-corrected chi connectivity index (χ1v) is 8.24. The van der Waals surface area contributed by atoms with Crippen LogP contribution in [0.15, 0.2) is 59.5 Å². The Balaban J connectivity index is 2.40. The van der Waals surface area contributed by atoms with Gasteiger partial charge in [0.15, 0.2) is 0 Å². The summed E-state index contributed by atoms with van der Waals surface area (Å²) in [5.41, 5.74) is 7.13. The Labute approximate surface area is 132 Å². The van der Waals surface area contributed by atoms with Crippen molar-refractivity contribution < 1.29 is 13.0 Å². The number of benzene rings is 3. The van der Waals surface area contributed by atoms with Crippen LogP contribution < -0.4 is 5.73 Å². The lowest BCUT2D eigenvalue weighted by molar-refractivity contribution is 0.483. The number of nitrogens with two attached hydrogens (primary N) is 1. The molecule has 0 fully saturated rings. The second kappa shape index (κ2) is 5.28. The lowest BCUT2D eigenvalue weighted by Crippen LogP contribution is -2.02. The number of fused-ring (bicyclic) bond motifs is 1. The molecular weight excluding hydrogens is 322 g/mol. The van der Waals surface area contributed by atoms with E-state index in [1.807, 2.05) is 12.1 Å². The van der Waals surface area contributed by atoms with Crippen molar-refractivity contribution in [3.63, 3.8) is 0 Å². The van der Waals surface area contributed by atoms with Crippen LogP contribution >= 0.6 is 11.6 Å². The van der Waals surface area contributed by atoms with E-state index < -0.39 is 10.1 Å². The Hall–Kier alpha value is -2.08. The van der Waals surface area contributed by atoms with Gasteiger partial charge in [-0.3, -0.25) is 4.55 Å². The Kier molecular flexibility index (Phi) is 3.56. The average Bonchev–Trinajstić information content (AvgIpc) is 2.45. The standard InChI is InChI=1S/C16H12ClNO3S/c17-12-5-6-13(15(18)9-12)14-7-10-3-1-2-4-11(10)8-16(14)22(19,20)21/h1-9H,18H2,(H,19,20,21). The minimum absolute atomic E-state index is 0.180. The molecule has 0 aliphatic carbocycles. The number of rotatable bonds is 2. The smallest absolute Gasteiger partial charge is 0.295 e. The maximum atomic E-state index is 11.7. The van der Waals surface area contributed by atoms with Gasteiger partial charge in [-0.05, 0) is 35.0 Å². The van der Waals surface area contributed by atoms with Gasteiger partial charge in [0.2, 0.25) is 0 Å². The highest BCUT2D eigenvalue weighted by Crippen LogP contribution is 2.35. The van der Waals surface area contributed by atoms with Crippen LogP contribution in [-0.2, 0) is 10.1 Å². The fourth-order valence-corrected chi connectivity index (χ4v) is 3.33. The zero-order chi connectivity index (χ0) is 15.9. The van der Waals surface area contributed by atoms with Gasteiger partial charge in [0.25, 0.3) is 10.1 Å². The van der Waals surface area contributed by atoms with E-state index in [2.05, 4.69) is 0 Å². The van der Waals surface area contributed by atoms with Crippen LogP contribution in [0, 0.1) is 0 Å². The average molecular weight is 334 g/mol. The van der Waals surface area contributed by atoms with Crippen molar-refractivity contribution in [1.29, 1.82) is 0 Å². The Bertz CT molecular complexity index is 984. The molecule has 3 rings (SSSR count). The molecule has 0 bridgehead atoms. The largest absolute Gasteiger partial charge is 0.398 e. The van der Waals surface area contributed by atoms with Crippen molar-refractivity contribution in [2.45, 2.75) is 4.90 Å². The Morgan fingerprint density at radius 1 is 0.909 bits per heavy atom. The van der Waals surface area contributed by atoms with Gasteiger partial charge in [-0.25, -0.2) is 0 Å². The molecule has 0 aliphatic heterocycles. The summed E-state index contributed by atoms with van der Waals surface area (Å²) in [5, 5.41) is 2.01. The van der Waals surface area contributed by atoms with Crippen molar-refractivity contribution in [1.82, 2.24) is 0 Å². The van der Waals surface area contributed by atoms with Crippen molar-refractivity contribution in [3.05, 3.63) is 59.6 Å². The molecule has 0 amide bonds. The third-order valence-electron chi connectivity index (χ3n) is 3.43. The summed E-state index contributed by atoms with van der Waals surface area (Å²) < 4.78 is 33.0. The first-order chi connectivity index (χ1) is 10.4. The van der Waals surface area contributed by atoms with Crippen molar-refractivity contribution in [2.75, 3.05) is 5.73 Å². The molecule has 6 heteroatoms. The van der Waals surface area contributed by atoms with E-state index >= 15 is 0 Å². The molecule has 0 aromatic heterocycles. The molecule has 0 radical (unpaired) electrons. The summed E-state index contributed by atoms with van der Waals surface area (Å²) in [5.74, 6) is 0. The van der Waals surface area contributed by atoms with E-state index in [1.165, 1.54) is 6.07 Å². The minimum Gasteiger partial charge on any atom is -0.398 e. The zero-order valence-corrected chi connectivity index (χ0v) is 12.9. The second-order valence-corrected chi connectivity index (χ2v) is 6.73. The highest BCUT2D eigenvalue weighted by atomic mass is 35.5. The molecule has 3 aromatic carbocycles. The maximum absolute atomic E-state index is 11.7. The first-order valence-electron chi connectivity index (χ1n) is 6.42. The van der Waals surface area contributed by atoms with Crippen LogP contribution in [0.1, 0.15) is 0 Å². The minimum atomic E-state index is -4.39. The monoisotopic (exact) mass is 333 g/mol. The number of halogens is 1. The van der Waals surface area contributed by atoms with Crippen LogP contribution in [0.4, 0.5) is 5.69 Å². The molecule has 3 N–H and O–H groups in total. The number of anilines is 1. The van der Waals surface area contributed by atoms with E-state index in [4.69, 9.17) is 17.3 Å². The second-order valence-electron chi connectivity index (χ2n) is 4.90. The first kappa shape index (κ1) is 14.8. The van der Waals surface area contributed by atoms with E-state index in [1.54, 1.807) is 36.4 Å². The molecule has 0 spiro atoms. The number of nitrogen functional groups attached to an aromatic ring is 1. The summed E-state index contributed by atoms with van der Waals surface area (Å²) in [6, 6.07) is 15.2. The molecule has 4 nitrogen and oxygen atoms in total. The SMILES string of the molecule is Nc1cc(Cl)ccc1-c1cc2ccccc2cc1S(=O)(=O)O. The van der Waals surface area contributed by atoms with Gasteiger partial charge in [-0.1, -0.05) is 41.9 Å². The van der Waals surface area contributed by atoms with E-state index in [0.29, 0.717) is 27.2 Å². The molecule has 0 saturated heterocycles. The third-order valence-corrected chi connectivity index (χ3v) is 4.56. The highest BCUT2D eigenvalue weighted by Gasteiger charge is 2.19. The van der Waals surface area contributed by atoms with E-state index in [9.17, 15) is 13.0 Å². The predicted molar refractivity (Wildman–Crippen MR) is 88.6 cm³/mol. The maximum Gasteiger partial charge on any atom is 0.295 e. The van der Waals surface area contributed by atoms with Crippen LogP contribution in [0.3, 0.4) is 0 Å². The van der Waals surface area contributed by atoms with Gasteiger partial charge < -0.3 is 5.73 Å². The fraction of sp³-hybridized carbons (Fsp3) is 0. The van der Waals surface area contributed by atoms with Gasteiger partial charge >= 0.3 is 0 Å². The van der Waals surface area contributed by atoms with Gasteiger partial charge in [0.05, 0.1) is 0 Å². The summed E-state index contributed by atoms with van der Waals surface area (Å²) >= 11 is 5.88. The summed E-state index contributed by atoms with van der Waals surface area (Å²) in [6.45, 7) is 0. The number of hydrogen-bond acceptors (Lipinski definition) is 3. The van der Waals surface area contributed by atoms with Gasteiger partial charge in [0, 0.05) is 21.8 Å². The van der Waals surface area contributed by atoms with Crippen molar-refractivity contribution in [3.8, 4) is 11.1 Å². The van der Waals surface area contributed by atoms with E-state index in [0.717, 1.165) is 5.39 Å². The molecule has 0 aliphatic rings. The normalized spacial score (nSPS) is 11.7. The van der Waals surface area contributed by atoms with Crippen LogP contribution in [-0.4, -0.2) is 13.0 Å². The third kappa shape index (κ3) is 2.66. The quantitative estimate of drug-likeness (QED) is 0.549. The van der Waals surface area contributed by atoms with Crippen LogP contribution in [0.5, 0.6) is 0 Å². The van der Waals surface area contributed by atoms with Crippen molar-refractivity contribution in [2.24, 2.45) is 0 Å². The molecule has 22 heavy (non-hydrogen) atoms. The Morgan fingerprint density at radius 2 is 1.55 bits per heavy atom. The summed E-state index contributed by atoms with van der Waals surface area (Å²) in [4.78, 5) is -0.180. The van der Waals surface area contributed by atoms with Crippen LogP contribution in [0.2, 0.25) is 5.02 Å². The Morgan fingerprint density at radius 3 is 2.14 bits per heavy atom. The summed E-state index contributed by atoms with van der Waals surface area (Å²) in [7, 11) is -4.39. The van der Waals surface area contributed by atoms with Gasteiger partial charge in [-0.15, -0.1) is 0 Å². The van der Waals surface area contributed by atoms with Crippen LogP contribution in [0.25, 0.3) is 21.9 Å². The van der Waals surface area contributed by atoms with Crippen molar-refractivity contribution >= 4 is 38.2 Å². The lowest BCUT2D eigenvalue weighted by atomic mass is 10.00. The molecule has 3 aromatic rings. The lowest BCUT2D eigenvalue weighted by Gasteiger charge is -2.12. The van der Waals surface area contributed by atoms with Gasteiger partial charge in [0.1, 0.15) is 4.90 Å². The fourth-order valence-electron chi connectivity index (χ4n) is 2.42.